The number of methoxy groups -OCH3 is 1. The van der Waals surface area contributed by atoms with E-state index >= 15 is 0 Å². The lowest BCUT2D eigenvalue weighted by Crippen LogP contribution is -2.50. The first-order valence-electron chi connectivity index (χ1n) is 11.3. The number of aromatic nitrogens is 1. The Morgan fingerprint density at radius 1 is 0.971 bits per heavy atom. The molecular formula is C26H28FN3O4. The van der Waals surface area contributed by atoms with Crippen molar-refractivity contribution < 1.29 is 23.5 Å². The van der Waals surface area contributed by atoms with E-state index in [0.717, 1.165) is 22.6 Å². The molecule has 0 unspecified atom stereocenters. The molecule has 0 aliphatic carbocycles. The van der Waals surface area contributed by atoms with Crippen LogP contribution in [0.25, 0.3) is 16.9 Å². The summed E-state index contributed by atoms with van der Waals surface area (Å²) in [7, 11) is 1.61. The summed E-state index contributed by atoms with van der Waals surface area (Å²) in [5.74, 6) is 0.267. The van der Waals surface area contributed by atoms with Gasteiger partial charge in [0.15, 0.2) is 0 Å². The van der Waals surface area contributed by atoms with Crippen LogP contribution in [0.1, 0.15) is 23.0 Å². The second kappa shape index (κ2) is 9.99. The molecule has 2 aromatic carbocycles. The van der Waals surface area contributed by atoms with Crippen LogP contribution >= 0.6 is 0 Å². The van der Waals surface area contributed by atoms with Gasteiger partial charge in [-0.25, -0.2) is 9.18 Å². The summed E-state index contributed by atoms with van der Waals surface area (Å²) in [5, 5.41) is 0. The predicted octanol–water partition coefficient (Wildman–Crippen LogP) is 4.51. The Kier molecular flexibility index (Phi) is 6.86. The molecule has 0 saturated carbocycles. The van der Waals surface area contributed by atoms with Crippen molar-refractivity contribution in [2.45, 2.75) is 13.8 Å². The second-order valence-corrected chi connectivity index (χ2v) is 8.05. The molecule has 0 N–H and O–H groups in total. The maximum atomic E-state index is 13.6. The number of ether oxygens (including phenoxy) is 2. The van der Waals surface area contributed by atoms with Gasteiger partial charge in [-0.3, -0.25) is 4.79 Å². The molecular weight excluding hydrogens is 437 g/mol. The minimum Gasteiger partial charge on any atom is -0.497 e. The van der Waals surface area contributed by atoms with E-state index in [1.54, 1.807) is 36.0 Å². The molecule has 2 heterocycles. The van der Waals surface area contributed by atoms with Gasteiger partial charge in [0.05, 0.1) is 25.0 Å². The van der Waals surface area contributed by atoms with E-state index < -0.39 is 0 Å². The van der Waals surface area contributed by atoms with Gasteiger partial charge in [-0.15, -0.1) is 0 Å². The third-order valence-electron chi connectivity index (χ3n) is 6.02. The zero-order chi connectivity index (χ0) is 24.2. The van der Waals surface area contributed by atoms with Gasteiger partial charge < -0.3 is 23.8 Å². The molecule has 34 heavy (non-hydrogen) atoms. The quantitative estimate of drug-likeness (QED) is 0.556. The van der Waals surface area contributed by atoms with Gasteiger partial charge >= 0.3 is 6.09 Å². The van der Waals surface area contributed by atoms with Crippen molar-refractivity contribution in [3.05, 3.63) is 71.7 Å². The maximum Gasteiger partial charge on any atom is 0.409 e. The minimum atomic E-state index is -0.353. The van der Waals surface area contributed by atoms with Crippen molar-refractivity contribution in [1.29, 1.82) is 0 Å². The Hall–Kier alpha value is -3.81. The van der Waals surface area contributed by atoms with Crippen LogP contribution in [0.3, 0.4) is 0 Å². The van der Waals surface area contributed by atoms with Crippen LogP contribution < -0.4 is 4.74 Å². The van der Waals surface area contributed by atoms with Crippen LogP contribution in [0.15, 0.2) is 54.6 Å². The summed E-state index contributed by atoms with van der Waals surface area (Å²) in [6.07, 6.45) is -0.353. The molecule has 0 spiro atoms. The van der Waals surface area contributed by atoms with Crippen molar-refractivity contribution in [1.82, 2.24) is 14.4 Å². The second-order valence-electron chi connectivity index (χ2n) is 8.05. The van der Waals surface area contributed by atoms with Gasteiger partial charge in [-0.2, -0.15) is 0 Å². The van der Waals surface area contributed by atoms with Gasteiger partial charge in [0.25, 0.3) is 5.91 Å². The first-order chi connectivity index (χ1) is 16.4. The van der Waals surface area contributed by atoms with Gasteiger partial charge in [0.2, 0.25) is 0 Å². The molecule has 0 atom stereocenters. The highest BCUT2D eigenvalue weighted by Gasteiger charge is 2.28. The Bertz CT molecular complexity index is 1180. The van der Waals surface area contributed by atoms with Crippen molar-refractivity contribution in [3.8, 4) is 22.7 Å². The van der Waals surface area contributed by atoms with Gasteiger partial charge in [-0.05, 0) is 56.3 Å². The lowest BCUT2D eigenvalue weighted by Gasteiger charge is -2.34. The average molecular weight is 466 g/mol. The predicted molar refractivity (Wildman–Crippen MR) is 127 cm³/mol. The van der Waals surface area contributed by atoms with Crippen LogP contribution in [0.4, 0.5) is 9.18 Å². The van der Waals surface area contributed by atoms with E-state index in [9.17, 15) is 14.0 Å². The zero-order valence-electron chi connectivity index (χ0n) is 19.6. The molecule has 1 fully saturated rings. The first kappa shape index (κ1) is 23.4. The van der Waals surface area contributed by atoms with Crippen LogP contribution in [0.5, 0.6) is 5.75 Å². The molecule has 1 aromatic heterocycles. The van der Waals surface area contributed by atoms with Crippen molar-refractivity contribution >= 4 is 12.0 Å². The summed E-state index contributed by atoms with van der Waals surface area (Å²) in [4.78, 5) is 28.9. The summed E-state index contributed by atoms with van der Waals surface area (Å²) >= 11 is 0. The van der Waals surface area contributed by atoms with Gasteiger partial charge in [0.1, 0.15) is 11.6 Å². The highest BCUT2D eigenvalue weighted by atomic mass is 19.1. The fourth-order valence-corrected chi connectivity index (χ4v) is 4.22. The monoisotopic (exact) mass is 465 g/mol. The normalized spacial score (nSPS) is 13.6. The third-order valence-corrected chi connectivity index (χ3v) is 6.02. The number of rotatable bonds is 5. The number of amides is 2. The van der Waals surface area contributed by atoms with E-state index in [1.807, 2.05) is 41.8 Å². The van der Waals surface area contributed by atoms with Gasteiger partial charge in [0, 0.05) is 43.1 Å². The largest absolute Gasteiger partial charge is 0.497 e. The molecule has 178 valence electrons. The minimum absolute atomic E-state index is 0.106. The standard InChI is InChI=1S/C26H28FN3O4/c1-4-34-26(32)29-14-12-28(13-15-29)25(31)23-17-24(19-6-5-7-22(16-19)33-3)30(18(23)2)21-10-8-20(27)9-11-21/h5-11,16-17H,4,12-15H2,1-3H3. The smallest absolute Gasteiger partial charge is 0.409 e. The van der Waals surface area contributed by atoms with Crippen LogP contribution in [-0.4, -0.2) is 66.3 Å². The number of benzene rings is 2. The highest BCUT2D eigenvalue weighted by molar-refractivity contribution is 5.97. The number of carbonyl (C=O) groups is 2. The fourth-order valence-electron chi connectivity index (χ4n) is 4.22. The van der Waals surface area contributed by atoms with Crippen LogP contribution in [0.2, 0.25) is 0 Å². The third kappa shape index (κ3) is 4.62. The SMILES string of the molecule is CCOC(=O)N1CCN(C(=O)c2cc(-c3cccc(OC)c3)n(-c3ccc(F)cc3)c2C)CC1. The van der Waals surface area contributed by atoms with E-state index in [2.05, 4.69) is 0 Å². The number of piperazine rings is 1. The van der Waals surface area contributed by atoms with E-state index in [0.29, 0.717) is 44.1 Å². The van der Waals surface area contributed by atoms with E-state index in [1.165, 1.54) is 12.1 Å². The van der Waals surface area contributed by atoms with Crippen molar-refractivity contribution in [3.63, 3.8) is 0 Å². The molecule has 3 aromatic rings. The van der Waals surface area contributed by atoms with Crippen molar-refractivity contribution in [2.24, 2.45) is 0 Å². The molecule has 4 rings (SSSR count). The number of nitrogens with zero attached hydrogens (tertiary/aromatic N) is 3. The molecule has 7 nitrogen and oxygen atoms in total. The zero-order valence-corrected chi connectivity index (χ0v) is 19.6. The fraction of sp³-hybridized carbons (Fsp3) is 0.308. The topological polar surface area (TPSA) is 64.0 Å². The maximum absolute atomic E-state index is 13.6. The number of hydrogen-bond donors (Lipinski definition) is 0. The lowest BCUT2D eigenvalue weighted by atomic mass is 10.1. The molecule has 0 bridgehead atoms. The lowest BCUT2D eigenvalue weighted by molar-refractivity contribution is 0.0570. The average Bonchev–Trinajstić information content (AvgIpc) is 3.21. The molecule has 2 amide bonds. The molecule has 1 saturated heterocycles. The first-order valence-corrected chi connectivity index (χ1v) is 11.3. The van der Waals surface area contributed by atoms with E-state index in [-0.39, 0.29) is 17.8 Å². The van der Waals surface area contributed by atoms with Crippen LogP contribution in [0, 0.1) is 12.7 Å². The number of carbonyl (C=O) groups excluding carboxylic acids is 2. The highest BCUT2D eigenvalue weighted by Crippen LogP contribution is 2.32. The Balaban J connectivity index is 1.69. The summed E-state index contributed by atoms with van der Waals surface area (Å²) in [6, 6.07) is 15.7. The Labute approximate surface area is 198 Å². The molecule has 8 heteroatoms. The summed E-state index contributed by atoms with van der Waals surface area (Å²) in [5.41, 5.74) is 3.74. The molecule has 1 aliphatic heterocycles. The Morgan fingerprint density at radius 3 is 2.29 bits per heavy atom. The van der Waals surface area contributed by atoms with Crippen molar-refractivity contribution in [2.75, 3.05) is 39.9 Å². The van der Waals surface area contributed by atoms with Crippen LogP contribution in [-0.2, 0) is 4.74 Å². The molecule has 0 radical (unpaired) electrons. The number of halogens is 1. The summed E-state index contributed by atoms with van der Waals surface area (Å²) in [6.45, 7) is 5.67. The van der Waals surface area contributed by atoms with Gasteiger partial charge in [-0.1, -0.05) is 12.1 Å². The van der Waals surface area contributed by atoms with E-state index in [4.69, 9.17) is 9.47 Å². The summed E-state index contributed by atoms with van der Waals surface area (Å²) < 4.78 is 26.0. The Morgan fingerprint density at radius 2 is 1.65 bits per heavy atom. The molecule has 1 aliphatic rings. The number of hydrogen-bond acceptors (Lipinski definition) is 4.